The maximum atomic E-state index is 13.9. The number of hydrogen-bond acceptors (Lipinski definition) is 6. The molecule has 13 nitrogen and oxygen atoms in total. The molecule has 0 aliphatic carbocycles. The zero-order chi connectivity index (χ0) is 97.7. The zero-order valence-corrected chi connectivity index (χ0v) is 80.0. The van der Waals surface area contributed by atoms with Crippen LogP contribution in [0.25, 0.3) is 193 Å². The Morgan fingerprint density at radius 2 is 0.397 bits per heavy atom. The first-order valence-electron chi connectivity index (χ1n) is 48.9. The summed E-state index contributed by atoms with van der Waals surface area (Å²) in [6.07, 6.45) is 0. The number of imidazole rings is 2. The van der Waals surface area contributed by atoms with Gasteiger partial charge in [0.15, 0.2) is 8.07 Å². The molecule has 0 aliphatic rings. The van der Waals surface area contributed by atoms with E-state index in [1.807, 2.05) is 322 Å². The molecule has 0 atom stereocenters. The highest BCUT2D eigenvalue weighted by Gasteiger charge is 2.42. The van der Waals surface area contributed by atoms with Gasteiger partial charge in [-0.25, -0.2) is 9.97 Å². The van der Waals surface area contributed by atoms with Gasteiger partial charge in [0, 0.05) is 105 Å². The fraction of sp³-hybridized carbons (Fsp3) is 0. The molecule has 21 aromatic carbocycles. The van der Waals surface area contributed by atoms with E-state index in [0.29, 0.717) is 10.8 Å². The SMILES string of the molecule is O=c1c2ccccc2c2c3c4ccccc4n(-c4ccccc4)c3ccc2n1-c1ccccc1.O=c1c2ccccc2c2cc(-c3nc4ccccc4n3-c3ccccc3)ccc2n1-c1ccccc1.O=c1c2ccccc2c2cc([Si](c3ccccc3)(c3ccccc3)c3ccccc3)ccc2n1-c1ccccc1.O=c1c2ccccc2c2ccccc2n1-c1ccc(-c2nc3ccccc3n2-c2ccccc2)cc1. The van der Waals surface area contributed by atoms with Gasteiger partial charge in [-0.15, -0.1) is 0 Å². The summed E-state index contributed by atoms with van der Waals surface area (Å²) in [6.45, 7) is 0. The van der Waals surface area contributed by atoms with Gasteiger partial charge in [0.05, 0.1) is 55.2 Å². The number of para-hydroxylation sites is 12. The number of fused-ring (bicyclic) bond motifs is 18. The molecule has 0 bridgehead atoms. The van der Waals surface area contributed by atoms with Crippen molar-refractivity contribution in [3.63, 3.8) is 0 Å². The summed E-state index contributed by atoms with van der Waals surface area (Å²) in [5.41, 5.74) is 18.4. The Morgan fingerprint density at radius 1 is 0.151 bits per heavy atom. The third-order valence-corrected chi connectivity index (χ3v) is 32.9. The van der Waals surface area contributed by atoms with Crippen LogP contribution in [0, 0.1) is 0 Å². The van der Waals surface area contributed by atoms with Crippen LogP contribution in [0.4, 0.5) is 0 Å². The van der Waals surface area contributed by atoms with E-state index in [1.165, 1.54) is 26.1 Å². The van der Waals surface area contributed by atoms with Crippen molar-refractivity contribution in [2.75, 3.05) is 0 Å². The van der Waals surface area contributed by atoms with Crippen molar-refractivity contribution >= 4 is 159 Å². The van der Waals surface area contributed by atoms with Crippen molar-refractivity contribution in [1.29, 1.82) is 0 Å². The van der Waals surface area contributed by atoms with Crippen LogP contribution in [0.5, 0.6) is 0 Å². The molecule has 7 aromatic heterocycles. The van der Waals surface area contributed by atoms with Gasteiger partial charge in [-0.1, -0.05) is 346 Å². The van der Waals surface area contributed by atoms with E-state index in [9.17, 15) is 19.2 Å². The van der Waals surface area contributed by atoms with Gasteiger partial charge in [-0.2, -0.15) is 0 Å². The van der Waals surface area contributed by atoms with E-state index in [4.69, 9.17) is 9.97 Å². The highest BCUT2D eigenvalue weighted by atomic mass is 28.3. The van der Waals surface area contributed by atoms with E-state index in [1.54, 1.807) is 0 Å². The van der Waals surface area contributed by atoms with Gasteiger partial charge >= 0.3 is 0 Å². The molecule has 28 rings (SSSR count). The number of benzene rings is 21. The van der Waals surface area contributed by atoms with Crippen LogP contribution in [-0.2, 0) is 0 Å². The second-order valence-corrected chi connectivity index (χ2v) is 40.2. The number of nitrogens with zero attached hydrogens (tertiary/aromatic N) is 9. The quantitative estimate of drug-likeness (QED) is 0.0642. The fourth-order valence-corrected chi connectivity index (χ4v) is 26.5. The molecule has 146 heavy (non-hydrogen) atoms. The van der Waals surface area contributed by atoms with Gasteiger partial charge in [0.1, 0.15) is 11.6 Å². The molecule has 690 valence electrons. The van der Waals surface area contributed by atoms with Crippen molar-refractivity contribution in [1.82, 2.24) is 41.9 Å². The van der Waals surface area contributed by atoms with E-state index >= 15 is 0 Å². The van der Waals surface area contributed by atoms with Gasteiger partial charge < -0.3 is 4.57 Å². The number of rotatable bonds is 13. The van der Waals surface area contributed by atoms with Gasteiger partial charge in [-0.3, -0.25) is 46.6 Å². The number of pyridine rings is 4. The summed E-state index contributed by atoms with van der Waals surface area (Å²) in [5.74, 6) is 1.73. The number of aromatic nitrogens is 9. The van der Waals surface area contributed by atoms with Crippen molar-refractivity contribution in [2.45, 2.75) is 0 Å². The molecule has 0 N–H and O–H groups in total. The zero-order valence-electron chi connectivity index (χ0n) is 79.0. The van der Waals surface area contributed by atoms with Crippen molar-refractivity contribution in [3.8, 4) is 62.6 Å². The van der Waals surface area contributed by atoms with Crippen LogP contribution < -0.4 is 43.0 Å². The second-order valence-electron chi connectivity index (χ2n) is 36.4. The maximum absolute atomic E-state index is 13.9. The predicted octanol–water partition coefficient (Wildman–Crippen LogP) is 27.1. The predicted molar refractivity (Wildman–Crippen MR) is 606 cm³/mol. The van der Waals surface area contributed by atoms with Crippen molar-refractivity contribution in [3.05, 3.63) is 581 Å². The first-order chi connectivity index (χ1) is 72.2. The highest BCUT2D eigenvalue weighted by molar-refractivity contribution is 7.20. The molecule has 0 spiro atoms. The maximum Gasteiger partial charge on any atom is 0.263 e. The molecule has 14 heteroatoms. The lowest BCUT2D eigenvalue weighted by atomic mass is 10.0. The lowest BCUT2D eigenvalue weighted by Gasteiger charge is -2.34. The highest BCUT2D eigenvalue weighted by Crippen LogP contribution is 2.42. The summed E-state index contributed by atoms with van der Waals surface area (Å²) in [7, 11) is -2.70. The Hall–Kier alpha value is -19.5. The van der Waals surface area contributed by atoms with E-state index in [-0.39, 0.29) is 22.2 Å². The van der Waals surface area contributed by atoms with Crippen LogP contribution in [-0.4, -0.2) is 50.0 Å². The molecular weight excluding hydrogens is 1800 g/mol. The Labute approximate surface area is 839 Å². The minimum Gasteiger partial charge on any atom is -0.309 e. The molecule has 7 heterocycles. The summed E-state index contributed by atoms with van der Waals surface area (Å²) in [6, 6.07) is 183. The average Bonchev–Trinajstić information content (AvgIpc) is 1.43. The lowest BCUT2D eigenvalue weighted by Crippen LogP contribution is -2.74. The summed E-state index contributed by atoms with van der Waals surface area (Å²) in [5, 5.41) is 18.6. The van der Waals surface area contributed by atoms with E-state index in [0.717, 1.165) is 177 Å². The minimum absolute atomic E-state index is 0.000244. The van der Waals surface area contributed by atoms with Crippen LogP contribution in [0.1, 0.15) is 0 Å². The summed E-state index contributed by atoms with van der Waals surface area (Å²) in [4.78, 5) is 64.8. The molecule has 0 fully saturated rings. The van der Waals surface area contributed by atoms with Crippen molar-refractivity contribution < 1.29 is 0 Å². The van der Waals surface area contributed by atoms with E-state index < -0.39 is 8.07 Å². The van der Waals surface area contributed by atoms with Crippen molar-refractivity contribution in [2.24, 2.45) is 0 Å². The monoisotopic (exact) mass is 1890 g/mol. The Kier molecular flexibility index (Phi) is 22.6. The number of hydrogen-bond donors (Lipinski definition) is 0. The van der Waals surface area contributed by atoms with Crippen LogP contribution >= 0.6 is 0 Å². The van der Waals surface area contributed by atoms with Crippen LogP contribution in [0.15, 0.2) is 559 Å². The topological polar surface area (TPSA) is 129 Å². The molecule has 0 amide bonds. The molecular formula is C132H89N9O4Si. The smallest absolute Gasteiger partial charge is 0.263 e. The fourth-order valence-electron chi connectivity index (χ4n) is 21.7. The molecule has 28 aromatic rings. The summed E-state index contributed by atoms with van der Waals surface area (Å²) >= 11 is 0. The Morgan fingerprint density at radius 3 is 0.808 bits per heavy atom. The molecule has 0 saturated heterocycles. The van der Waals surface area contributed by atoms with E-state index in [2.05, 4.69) is 250 Å². The lowest BCUT2D eigenvalue weighted by molar-refractivity contribution is 1.06. The van der Waals surface area contributed by atoms with Gasteiger partial charge in [0.25, 0.3) is 22.2 Å². The average molecular weight is 1890 g/mol. The largest absolute Gasteiger partial charge is 0.309 e. The molecule has 0 unspecified atom stereocenters. The third-order valence-electron chi connectivity index (χ3n) is 28.2. The second kappa shape index (κ2) is 37.6. The standard InChI is InChI=1S/C37H27NOSi.2C32H21N3O.C31H20N2O/c39-37-34-24-14-13-23-33(34)35-27-32(25-26-36(35)38(37)28-15-5-1-6-16-28)40(29-17-7-2-8-18-29,30-19-9-3-10-20-30)31-21-11-4-12-22-31;36-32-26-16-8-7-15-25(26)27-21-22(19-20-29(27)35(32)24-13-5-2-6-14-24)31-33-28-17-9-10-18-30(28)34(31)23-11-3-1-4-12-23;36-32-27-14-5-4-12-25(27)26-13-6-8-16-29(26)35(32)24-20-18-22(19-21-24)31-33-28-15-7-9-17-30(28)34(31)23-10-2-1-3-11-23;34-31-24-16-8-7-15-23(24)29-28(33(31)22-13-5-2-6-14-22)20-19-27-30(29)25-17-9-10-18-26(25)32(27)21-11-3-1-4-12-21/h1-27H;2*1-21H;1-20H. The third kappa shape index (κ3) is 15.2. The van der Waals surface area contributed by atoms with Gasteiger partial charge in [0.2, 0.25) is 0 Å². The Balaban J connectivity index is 0.000000102. The molecule has 0 saturated carbocycles. The van der Waals surface area contributed by atoms with Crippen LogP contribution in [0.3, 0.4) is 0 Å². The summed E-state index contributed by atoms with van der Waals surface area (Å²) < 4.78 is 14.0. The first-order valence-corrected chi connectivity index (χ1v) is 50.9. The molecule has 0 aliphatic heterocycles. The van der Waals surface area contributed by atoms with Gasteiger partial charge in [-0.05, 0) is 236 Å². The minimum atomic E-state index is -2.70. The van der Waals surface area contributed by atoms with Crippen LogP contribution in [0.2, 0.25) is 0 Å². The molecule has 0 radical (unpaired) electrons. The normalized spacial score (nSPS) is 11.5. The Bertz CT molecular complexity index is 10100. The first kappa shape index (κ1) is 87.9.